The first-order chi connectivity index (χ1) is 12.9. The van der Waals surface area contributed by atoms with Crippen LogP contribution in [0.2, 0.25) is 0 Å². The first-order valence-electron chi connectivity index (χ1n) is 9.45. The third kappa shape index (κ3) is 4.37. The summed E-state index contributed by atoms with van der Waals surface area (Å²) in [5, 5.41) is 11.0. The van der Waals surface area contributed by atoms with Crippen LogP contribution in [0, 0.1) is 0 Å². The van der Waals surface area contributed by atoms with Crippen LogP contribution in [0.15, 0.2) is 17.4 Å². The van der Waals surface area contributed by atoms with Crippen LogP contribution in [0.1, 0.15) is 49.1 Å². The fourth-order valence-corrected chi connectivity index (χ4v) is 2.94. The molecule has 0 spiro atoms. The summed E-state index contributed by atoms with van der Waals surface area (Å²) in [4.78, 5) is 22.5. The molecule has 2 aromatic heterocycles. The zero-order valence-corrected chi connectivity index (χ0v) is 16.5. The topological polar surface area (TPSA) is 111 Å². The van der Waals surface area contributed by atoms with Gasteiger partial charge in [0.05, 0.1) is 30.4 Å². The fourth-order valence-electron chi connectivity index (χ4n) is 2.94. The minimum Gasteiger partial charge on any atom is -0.386 e. The van der Waals surface area contributed by atoms with Gasteiger partial charge in [-0.1, -0.05) is 0 Å². The van der Waals surface area contributed by atoms with Gasteiger partial charge in [0.1, 0.15) is 19.7 Å². The van der Waals surface area contributed by atoms with Gasteiger partial charge in [-0.25, -0.2) is 9.97 Å². The second kappa shape index (κ2) is 6.97. The van der Waals surface area contributed by atoms with E-state index in [1.165, 1.54) is 10.9 Å². The number of nitrogens with zero attached hydrogens (tertiary/aromatic N) is 3. The Balaban J connectivity index is 1.97. The normalized spacial score (nSPS) is 27.3. The van der Waals surface area contributed by atoms with Gasteiger partial charge in [-0.3, -0.25) is 9.36 Å². The molecule has 3 heterocycles. The zero-order chi connectivity index (χ0) is 20.9. The SMILES string of the molecule is [2H][13c]1nc2c(=O)[nH]cnc2n1C1O[C@H](COC(C)(C)C)C(OC(C)(C)C)[C@H]1O. The molecule has 150 valence electrons. The highest BCUT2D eigenvalue weighted by molar-refractivity contribution is 5.68. The van der Waals surface area contributed by atoms with Crippen molar-refractivity contribution in [3.63, 3.8) is 0 Å². The van der Waals surface area contributed by atoms with Crippen molar-refractivity contribution in [2.45, 2.75) is 77.3 Å². The Labute approximate surface area is 159 Å². The van der Waals surface area contributed by atoms with E-state index < -0.39 is 41.3 Å². The number of ether oxygens (including phenoxy) is 3. The summed E-state index contributed by atoms with van der Waals surface area (Å²) >= 11 is 0. The van der Waals surface area contributed by atoms with Gasteiger partial charge in [0.25, 0.3) is 5.56 Å². The molecule has 27 heavy (non-hydrogen) atoms. The number of aliphatic hydroxyl groups is 1. The predicted octanol–water partition coefficient (Wildman–Crippen LogP) is 1.38. The maximum atomic E-state index is 12.0. The molecule has 1 aliphatic rings. The lowest BCUT2D eigenvalue weighted by Gasteiger charge is -2.30. The van der Waals surface area contributed by atoms with Crippen LogP contribution in [-0.2, 0) is 14.2 Å². The minimum atomic E-state index is -1.10. The lowest BCUT2D eigenvalue weighted by atomic mass is 10.1. The second-order valence-electron chi connectivity index (χ2n) is 8.66. The largest absolute Gasteiger partial charge is 0.386 e. The number of aromatic amines is 1. The maximum Gasteiger partial charge on any atom is 0.278 e. The van der Waals surface area contributed by atoms with Gasteiger partial charge in [-0.05, 0) is 41.5 Å². The first kappa shape index (κ1) is 18.5. The summed E-state index contributed by atoms with van der Waals surface area (Å²) in [6.07, 6.45) is -2.34. The standard InChI is InChI=1S/C18H28N4O5/c1-17(2,3)25-7-10-13(27-18(4,5)6)12(23)16(26-10)22-9-21-11-14(22)19-8-20-15(11)24/h8-10,12-13,16,23H,7H2,1-6H3,(H,19,20,24)/t10-,12-,13?,16?/m1/s1/i9+1D. The van der Waals surface area contributed by atoms with Gasteiger partial charge >= 0.3 is 0 Å². The monoisotopic (exact) mass is 382 g/mol. The summed E-state index contributed by atoms with van der Waals surface area (Å²) in [5.74, 6) is 0. The van der Waals surface area contributed by atoms with Crippen molar-refractivity contribution >= 4 is 11.2 Å². The van der Waals surface area contributed by atoms with E-state index in [1.54, 1.807) is 0 Å². The number of hydrogen-bond acceptors (Lipinski definition) is 7. The average molecular weight is 382 g/mol. The van der Waals surface area contributed by atoms with Crippen LogP contribution in [-0.4, -0.2) is 60.7 Å². The van der Waals surface area contributed by atoms with Gasteiger partial charge in [0, 0.05) is 0 Å². The van der Waals surface area contributed by atoms with E-state index in [0.29, 0.717) is 0 Å². The molecule has 4 atom stereocenters. The van der Waals surface area contributed by atoms with Crippen LogP contribution in [0.3, 0.4) is 0 Å². The molecule has 1 fully saturated rings. The van der Waals surface area contributed by atoms with E-state index in [-0.39, 0.29) is 24.1 Å². The molecule has 0 bridgehead atoms. The van der Waals surface area contributed by atoms with Crippen molar-refractivity contribution in [3.8, 4) is 0 Å². The summed E-state index contributed by atoms with van der Waals surface area (Å²) in [6, 6.07) is 0. The smallest absolute Gasteiger partial charge is 0.278 e. The number of rotatable bonds is 4. The fraction of sp³-hybridized carbons (Fsp3) is 0.722. The lowest BCUT2D eigenvalue weighted by Crippen LogP contribution is -2.42. The third-order valence-electron chi connectivity index (χ3n) is 4.04. The van der Waals surface area contributed by atoms with Gasteiger partial charge in [0.15, 0.2) is 17.4 Å². The highest BCUT2D eigenvalue weighted by Crippen LogP contribution is 2.35. The number of nitrogens with one attached hydrogen (secondary N) is 1. The Morgan fingerprint density at radius 1 is 1.30 bits per heavy atom. The highest BCUT2D eigenvalue weighted by Gasteiger charge is 2.48. The molecule has 0 aromatic carbocycles. The molecular formula is C18H28N4O5. The number of imidazole rings is 1. The summed E-state index contributed by atoms with van der Waals surface area (Å²) < 4.78 is 27.4. The van der Waals surface area contributed by atoms with E-state index in [1.807, 2.05) is 41.5 Å². The first-order valence-corrected chi connectivity index (χ1v) is 8.95. The molecule has 3 rings (SSSR count). The molecule has 9 heteroatoms. The Bertz CT molecular complexity index is 898. The van der Waals surface area contributed by atoms with E-state index in [2.05, 4.69) is 15.0 Å². The van der Waals surface area contributed by atoms with E-state index >= 15 is 0 Å². The Kier molecular flexibility index (Phi) is 4.79. The highest BCUT2D eigenvalue weighted by atomic mass is 16.6. The molecular weight excluding hydrogens is 353 g/mol. The van der Waals surface area contributed by atoms with Crippen molar-refractivity contribution in [2.24, 2.45) is 0 Å². The van der Waals surface area contributed by atoms with Crippen molar-refractivity contribution in [1.82, 2.24) is 19.5 Å². The molecule has 0 saturated carbocycles. The molecule has 2 unspecified atom stereocenters. The van der Waals surface area contributed by atoms with E-state index in [0.717, 1.165) is 0 Å². The average Bonchev–Trinajstić information content (AvgIpc) is 3.02. The molecule has 1 aliphatic heterocycles. The third-order valence-corrected chi connectivity index (χ3v) is 4.04. The summed E-state index contributed by atoms with van der Waals surface area (Å²) in [6.45, 7) is 11.6. The Morgan fingerprint density at radius 3 is 2.63 bits per heavy atom. The van der Waals surface area contributed by atoms with Crippen molar-refractivity contribution in [3.05, 3.63) is 23.0 Å². The quantitative estimate of drug-likeness (QED) is 0.821. The van der Waals surface area contributed by atoms with E-state index in [4.69, 9.17) is 15.6 Å². The molecule has 9 nitrogen and oxygen atoms in total. The number of hydrogen-bond donors (Lipinski definition) is 2. The van der Waals surface area contributed by atoms with Crippen LogP contribution in [0.4, 0.5) is 0 Å². The van der Waals surface area contributed by atoms with E-state index in [9.17, 15) is 9.90 Å². The molecule has 2 aromatic rings. The van der Waals surface area contributed by atoms with Crippen LogP contribution < -0.4 is 5.56 Å². The number of aromatic nitrogens is 4. The van der Waals surface area contributed by atoms with Gasteiger partial charge in [0.2, 0.25) is 0 Å². The van der Waals surface area contributed by atoms with Crippen molar-refractivity contribution in [1.29, 1.82) is 0 Å². The van der Waals surface area contributed by atoms with Gasteiger partial charge in [-0.2, -0.15) is 0 Å². The summed E-state index contributed by atoms with van der Waals surface area (Å²) in [5.41, 5.74) is -1.19. The molecule has 1 saturated heterocycles. The number of H-pyrrole nitrogens is 1. The predicted molar refractivity (Wildman–Crippen MR) is 98.4 cm³/mol. The Morgan fingerprint density at radius 2 is 2.00 bits per heavy atom. The molecule has 0 amide bonds. The number of fused-ring (bicyclic) bond motifs is 1. The minimum absolute atomic E-state index is 0.0194. The van der Waals surface area contributed by atoms with Gasteiger partial charge in [-0.15, -0.1) is 0 Å². The second-order valence-corrected chi connectivity index (χ2v) is 8.66. The number of aliphatic hydroxyl groups excluding tert-OH is 1. The molecule has 0 aliphatic carbocycles. The van der Waals surface area contributed by atoms with Gasteiger partial charge < -0.3 is 24.3 Å². The Hall–Kier alpha value is -1.81. The van der Waals surface area contributed by atoms with Crippen LogP contribution in [0.5, 0.6) is 0 Å². The van der Waals surface area contributed by atoms with Crippen molar-refractivity contribution < 1.29 is 20.7 Å². The lowest BCUT2D eigenvalue weighted by molar-refractivity contribution is -0.138. The molecule has 2 N–H and O–H groups in total. The zero-order valence-electron chi connectivity index (χ0n) is 17.5. The summed E-state index contributed by atoms with van der Waals surface area (Å²) in [7, 11) is 0. The van der Waals surface area contributed by atoms with Crippen molar-refractivity contribution in [2.75, 3.05) is 6.61 Å². The molecule has 0 radical (unpaired) electrons. The maximum absolute atomic E-state index is 12.0. The van der Waals surface area contributed by atoms with Crippen LogP contribution >= 0.6 is 0 Å². The van der Waals surface area contributed by atoms with Crippen LogP contribution in [0.25, 0.3) is 11.2 Å².